The van der Waals surface area contributed by atoms with Crippen LogP contribution in [0.5, 0.6) is 0 Å². The van der Waals surface area contributed by atoms with Crippen LogP contribution in [0.2, 0.25) is 0 Å². The first-order valence-corrected chi connectivity index (χ1v) is 8.01. The molecular formula is C16H18N6O3. The van der Waals surface area contributed by atoms with E-state index in [0.29, 0.717) is 31.8 Å². The average molecular weight is 342 g/mol. The smallest absolute Gasteiger partial charge is 0.271 e. The fourth-order valence-corrected chi connectivity index (χ4v) is 3.66. The molecule has 2 bridgehead atoms. The molecule has 2 saturated heterocycles. The molecule has 0 radical (unpaired) electrons. The van der Waals surface area contributed by atoms with Crippen molar-refractivity contribution in [2.24, 2.45) is 5.41 Å². The molecular weight excluding hydrogens is 324 g/mol. The first-order valence-electron chi connectivity index (χ1n) is 8.01. The van der Waals surface area contributed by atoms with Crippen molar-refractivity contribution in [1.82, 2.24) is 30.2 Å². The molecule has 2 aliphatic heterocycles. The van der Waals surface area contributed by atoms with E-state index in [1.54, 1.807) is 36.5 Å². The van der Waals surface area contributed by atoms with Crippen molar-refractivity contribution in [3.63, 3.8) is 0 Å². The van der Waals surface area contributed by atoms with Crippen molar-refractivity contribution in [3.8, 4) is 5.82 Å². The van der Waals surface area contributed by atoms with E-state index in [4.69, 9.17) is 4.74 Å². The molecule has 0 spiro atoms. The molecule has 9 heteroatoms. The van der Waals surface area contributed by atoms with Crippen LogP contribution >= 0.6 is 0 Å². The van der Waals surface area contributed by atoms with Crippen molar-refractivity contribution in [2.45, 2.75) is 18.4 Å². The number of carbonyl (C=O) groups is 2. The van der Waals surface area contributed by atoms with Gasteiger partial charge in [-0.05, 0) is 12.8 Å². The zero-order chi connectivity index (χ0) is 17.5. The number of hydrogen-bond acceptors (Lipinski definition) is 6. The molecule has 0 aromatic carbocycles. The molecule has 5 rings (SSSR count). The number of carbonyl (C=O) groups excluding carboxylic acids is 2. The van der Waals surface area contributed by atoms with Gasteiger partial charge in [0.1, 0.15) is 12.0 Å². The number of nitrogens with one attached hydrogen (secondary N) is 2. The molecule has 1 aliphatic carbocycles. The van der Waals surface area contributed by atoms with Gasteiger partial charge in [-0.15, -0.1) is 0 Å². The lowest BCUT2D eigenvalue weighted by Gasteiger charge is -2.43. The van der Waals surface area contributed by atoms with Crippen molar-refractivity contribution in [3.05, 3.63) is 36.8 Å². The van der Waals surface area contributed by atoms with Gasteiger partial charge in [0.15, 0.2) is 5.82 Å². The highest BCUT2D eigenvalue weighted by molar-refractivity contribution is 5.92. The van der Waals surface area contributed by atoms with Gasteiger partial charge in [-0.3, -0.25) is 19.1 Å². The number of ether oxygens (including phenoxy) is 1. The van der Waals surface area contributed by atoms with Gasteiger partial charge in [0.25, 0.3) is 5.91 Å². The number of imidazole rings is 1. The zero-order valence-electron chi connectivity index (χ0n) is 13.7. The van der Waals surface area contributed by atoms with Crippen LogP contribution in [0.15, 0.2) is 31.1 Å². The molecule has 3 aliphatic rings. The van der Waals surface area contributed by atoms with Gasteiger partial charge in [-0.25, -0.2) is 9.97 Å². The maximum atomic E-state index is 12.4. The van der Waals surface area contributed by atoms with Crippen LogP contribution in [0.4, 0.5) is 0 Å². The van der Waals surface area contributed by atoms with Gasteiger partial charge >= 0.3 is 0 Å². The van der Waals surface area contributed by atoms with E-state index in [2.05, 4.69) is 25.6 Å². The minimum absolute atomic E-state index is 0.00542. The quantitative estimate of drug-likeness (QED) is 0.771. The molecule has 9 nitrogen and oxygen atoms in total. The van der Waals surface area contributed by atoms with Crippen LogP contribution in [-0.2, 0) is 9.53 Å². The highest BCUT2D eigenvalue weighted by Crippen LogP contribution is 2.57. The zero-order valence-corrected chi connectivity index (χ0v) is 13.7. The molecule has 0 unspecified atom stereocenters. The SMILES string of the molecule is CNC(=O)C12COC(CNC(=O)c3cncc(-n4ccnc4)n3)(C1)C2. The lowest BCUT2D eigenvalue weighted by Crippen LogP contribution is -2.56. The number of hydrogen-bond donors (Lipinski definition) is 2. The van der Waals surface area contributed by atoms with Crippen LogP contribution in [0, 0.1) is 5.41 Å². The molecule has 130 valence electrons. The van der Waals surface area contributed by atoms with Crippen molar-refractivity contribution < 1.29 is 14.3 Å². The summed E-state index contributed by atoms with van der Waals surface area (Å²) in [5.41, 5.74) is -0.657. The van der Waals surface area contributed by atoms with Crippen molar-refractivity contribution in [1.29, 1.82) is 0 Å². The maximum absolute atomic E-state index is 12.4. The minimum atomic E-state index is -0.447. The Labute approximate surface area is 143 Å². The Morgan fingerprint density at radius 3 is 2.88 bits per heavy atom. The van der Waals surface area contributed by atoms with Crippen LogP contribution in [0.1, 0.15) is 23.3 Å². The molecule has 1 saturated carbocycles. The molecule has 25 heavy (non-hydrogen) atoms. The van der Waals surface area contributed by atoms with Gasteiger partial charge in [0.2, 0.25) is 5.91 Å². The molecule has 3 fully saturated rings. The monoisotopic (exact) mass is 342 g/mol. The second kappa shape index (κ2) is 5.62. The summed E-state index contributed by atoms with van der Waals surface area (Å²) in [5, 5.41) is 5.52. The summed E-state index contributed by atoms with van der Waals surface area (Å²) in [6.45, 7) is 0.750. The number of nitrogens with zero attached hydrogens (tertiary/aromatic N) is 4. The van der Waals surface area contributed by atoms with Crippen LogP contribution in [0.3, 0.4) is 0 Å². The predicted molar refractivity (Wildman–Crippen MR) is 85.9 cm³/mol. The van der Waals surface area contributed by atoms with E-state index in [9.17, 15) is 9.59 Å². The van der Waals surface area contributed by atoms with E-state index < -0.39 is 11.0 Å². The number of fused-ring (bicyclic) bond motifs is 1. The Morgan fingerprint density at radius 1 is 1.32 bits per heavy atom. The minimum Gasteiger partial charge on any atom is -0.372 e. The molecule has 2 N–H and O–H groups in total. The summed E-state index contributed by atoms with van der Waals surface area (Å²) in [6.07, 6.45) is 9.16. The lowest BCUT2D eigenvalue weighted by molar-refractivity contribution is -0.135. The van der Waals surface area contributed by atoms with E-state index in [1.165, 1.54) is 6.20 Å². The summed E-state index contributed by atoms with van der Waals surface area (Å²) in [6, 6.07) is 0. The first kappa shape index (κ1) is 15.7. The third kappa shape index (κ3) is 2.56. The topological polar surface area (TPSA) is 111 Å². The molecule has 4 heterocycles. The summed E-state index contributed by atoms with van der Waals surface area (Å²) in [7, 11) is 1.63. The van der Waals surface area contributed by atoms with E-state index in [1.807, 2.05) is 0 Å². The molecule has 2 aromatic rings. The number of rotatable bonds is 5. The molecule has 2 aromatic heterocycles. The largest absolute Gasteiger partial charge is 0.372 e. The van der Waals surface area contributed by atoms with Crippen LogP contribution in [0.25, 0.3) is 5.82 Å². The van der Waals surface area contributed by atoms with Crippen LogP contribution < -0.4 is 10.6 Å². The second-order valence-corrected chi connectivity index (χ2v) is 6.60. The average Bonchev–Trinajstić information content (AvgIpc) is 3.34. The summed E-state index contributed by atoms with van der Waals surface area (Å²) >= 11 is 0. The summed E-state index contributed by atoms with van der Waals surface area (Å²) < 4.78 is 7.46. The van der Waals surface area contributed by atoms with Gasteiger partial charge in [-0.2, -0.15) is 0 Å². The highest BCUT2D eigenvalue weighted by Gasteiger charge is 2.65. The normalized spacial score (nSPS) is 26.8. The molecule has 2 amide bonds. The van der Waals surface area contributed by atoms with E-state index >= 15 is 0 Å². The Hall–Kier alpha value is -2.81. The Kier molecular flexibility index (Phi) is 3.53. The first-order chi connectivity index (χ1) is 12.1. The van der Waals surface area contributed by atoms with Crippen LogP contribution in [-0.4, -0.2) is 57.1 Å². The fraction of sp³-hybridized carbons (Fsp3) is 0.438. The lowest BCUT2D eigenvalue weighted by atomic mass is 9.62. The second-order valence-electron chi connectivity index (χ2n) is 6.60. The summed E-state index contributed by atoms with van der Waals surface area (Å²) in [5.74, 6) is 0.199. The summed E-state index contributed by atoms with van der Waals surface area (Å²) in [4.78, 5) is 36.6. The molecule has 0 atom stereocenters. The third-order valence-electron chi connectivity index (χ3n) is 4.88. The van der Waals surface area contributed by atoms with Gasteiger partial charge < -0.3 is 15.4 Å². The van der Waals surface area contributed by atoms with E-state index in [-0.39, 0.29) is 17.5 Å². The number of amides is 2. The highest BCUT2D eigenvalue weighted by atomic mass is 16.5. The van der Waals surface area contributed by atoms with Gasteiger partial charge in [0, 0.05) is 26.0 Å². The maximum Gasteiger partial charge on any atom is 0.271 e. The Morgan fingerprint density at radius 2 is 2.16 bits per heavy atom. The van der Waals surface area contributed by atoms with Crippen molar-refractivity contribution in [2.75, 3.05) is 20.2 Å². The fourth-order valence-electron chi connectivity index (χ4n) is 3.66. The van der Waals surface area contributed by atoms with Gasteiger partial charge in [-0.1, -0.05) is 0 Å². The Balaban J connectivity index is 1.40. The van der Waals surface area contributed by atoms with E-state index in [0.717, 1.165) is 0 Å². The Bertz CT molecular complexity index is 813. The van der Waals surface area contributed by atoms with Gasteiger partial charge in [0.05, 0.1) is 30.0 Å². The van der Waals surface area contributed by atoms with Crippen molar-refractivity contribution >= 4 is 11.8 Å². The number of aromatic nitrogens is 4. The standard InChI is InChI=1S/C16H18N6O3/c1-17-14(24)15-6-16(7-15,25-9-15)8-20-13(23)11-4-19-5-12(21-11)22-3-2-18-10-22/h2-5,10H,6-9H2,1H3,(H,17,24)(H,20,23). The predicted octanol–water partition coefficient (Wildman–Crippen LogP) is -0.313. The third-order valence-corrected chi connectivity index (χ3v) is 4.88.